The van der Waals surface area contributed by atoms with Crippen LogP contribution in [0.2, 0.25) is 0 Å². The number of anilines is 2. The number of alkyl halides is 2. The number of aromatic nitrogens is 2. The van der Waals surface area contributed by atoms with Gasteiger partial charge >= 0.3 is 0 Å². The van der Waals surface area contributed by atoms with Crippen LogP contribution in [0.1, 0.15) is 12.0 Å². The van der Waals surface area contributed by atoms with Gasteiger partial charge in [0.1, 0.15) is 18.0 Å². The Hall–Kier alpha value is -3.58. The monoisotopic (exact) mass is 460 g/mol. The van der Waals surface area contributed by atoms with Crippen molar-refractivity contribution in [2.45, 2.75) is 18.4 Å². The van der Waals surface area contributed by atoms with Crippen LogP contribution in [0.25, 0.3) is 10.9 Å². The summed E-state index contributed by atoms with van der Waals surface area (Å²) < 4.78 is 68.4. The number of likely N-dealkylation sites (tertiary alicyclic amines) is 1. The van der Waals surface area contributed by atoms with Gasteiger partial charge in [0.15, 0.2) is 23.4 Å². The van der Waals surface area contributed by atoms with Gasteiger partial charge in [0.25, 0.3) is 5.92 Å². The Morgan fingerprint density at radius 1 is 1.21 bits per heavy atom. The van der Waals surface area contributed by atoms with Gasteiger partial charge in [-0.15, -0.1) is 6.42 Å². The van der Waals surface area contributed by atoms with Crippen LogP contribution in [-0.2, 0) is 0 Å². The predicted octanol–water partition coefficient (Wildman–Crippen LogP) is 4.36. The normalized spacial score (nSPS) is 18.0. The highest BCUT2D eigenvalue weighted by atomic mass is 19.3. The molecule has 1 fully saturated rings. The highest BCUT2D eigenvalue weighted by molar-refractivity contribution is 5.93. The van der Waals surface area contributed by atoms with Crippen LogP contribution in [0, 0.1) is 24.0 Å². The van der Waals surface area contributed by atoms with Crippen molar-refractivity contribution in [2.75, 3.05) is 32.6 Å². The summed E-state index contributed by atoms with van der Waals surface area (Å²) in [6.45, 7) is 0.0261. The van der Waals surface area contributed by atoms with Crippen molar-refractivity contribution in [3.05, 3.63) is 47.8 Å². The summed E-state index contributed by atoms with van der Waals surface area (Å²) in [5, 5.41) is 3.12. The van der Waals surface area contributed by atoms with E-state index in [1.54, 1.807) is 7.05 Å². The number of rotatable bonds is 5. The van der Waals surface area contributed by atoms with E-state index >= 15 is 0 Å². The van der Waals surface area contributed by atoms with E-state index in [-0.39, 0.29) is 29.4 Å². The van der Waals surface area contributed by atoms with Gasteiger partial charge in [-0.2, -0.15) is 0 Å². The van der Waals surface area contributed by atoms with Crippen LogP contribution in [0.3, 0.4) is 0 Å². The van der Waals surface area contributed by atoms with Gasteiger partial charge in [0.05, 0.1) is 30.4 Å². The molecule has 1 aromatic heterocycles. The second-order valence-electron chi connectivity index (χ2n) is 7.69. The van der Waals surface area contributed by atoms with Crippen LogP contribution >= 0.6 is 0 Å². The van der Waals surface area contributed by atoms with Crippen LogP contribution in [0.15, 0.2) is 30.6 Å². The lowest BCUT2D eigenvalue weighted by atomic mass is 10.0. The number of piperidine rings is 1. The number of methoxy groups -OCH3 is 1. The molecule has 33 heavy (non-hydrogen) atoms. The van der Waals surface area contributed by atoms with Gasteiger partial charge in [-0.1, -0.05) is 5.92 Å². The molecule has 1 atom stereocenters. The molecule has 172 valence electrons. The molecule has 2 heterocycles. The summed E-state index contributed by atoms with van der Waals surface area (Å²) in [4.78, 5) is 9.82. The topological polar surface area (TPSA) is 59.5 Å². The highest BCUT2D eigenvalue weighted by Gasteiger charge is 2.45. The summed E-state index contributed by atoms with van der Waals surface area (Å²) >= 11 is 0. The third-order valence-electron chi connectivity index (χ3n) is 5.40. The van der Waals surface area contributed by atoms with E-state index in [9.17, 15) is 17.6 Å². The Balaban J connectivity index is 1.74. The van der Waals surface area contributed by atoms with Gasteiger partial charge in [-0.25, -0.2) is 27.5 Å². The van der Waals surface area contributed by atoms with Crippen molar-refractivity contribution < 1.29 is 27.0 Å². The molecule has 0 radical (unpaired) electrons. The number of benzene rings is 2. The molecule has 0 aliphatic carbocycles. The number of hydrogen-bond acceptors (Lipinski definition) is 6. The Morgan fingerprint density at radius 3 is 2.70 bits per heavy atom. The fourth-order valence-corrected chi connectivity index (χ4v) is 3.71. The minimum atomic E-state index is -3.07. The van der Waals surface area contributed by atoms with E-state index in [4.69, 9.17) is 15.9 Å². The number of fused-ring (bicyclic) bond motifs is 1. The molecule has 3 aromatic rings. The molecule has 6 nitrogen and oxygen atoms in total. The van der Waals surface area contributed by atoms with E-state index < -0.39 is 35.8 Å². The molecule has 0 bridgehead atoms. The molecule has 4 rings (SSSR count). The second-order valence-corrected chi connectivity index (χ2v) is 7.69. The van der Waals surface area contributed by atoms with Crippen LogP contribution in [0.5, 0.6) is 11.5 Å². The quantitative estimate of drug-likeness (QED) is 0.451. The third kappa shape index (κ3) is 4.36. The molecule has 1 saturated heterocycles. The van der Waals surface area contributed by atoms with Gasteiger partial charge < -0.3 is 19.7 Å². The largest absolute Gasteiger partial charge is 0.493 e. The number of halogens is 4. The van der Waals surface area contributed by atoms with Crippen molar-refractivity contribution in [2.24, 2.45) is 0 Å². The van der Waals surface area contributed by atoms with E-state index in [1.807, 2.05) is 5.92 Å². The van der Waals surface area contributed by atoms with Crippen LogP contribution in [0.4, 0.5) is 29.1 Å². The maximum Gasteiger partial charge on any atom is 0.296 e. The number of hydrogen-bond donors (Lipinski definition) is 1. The van der Waals surface area contributed by atoms with Crippen molar-refractivity contribution in [1.82, 2.24) is 14.9 Å². The van der Waals surface area contributed by atoms with Gasteiger partial charge in [-0.05, 0) is 25.2 Å². The van der Waals surface area contributed by atoms with Crippen LogP contribution < -0.4 is 14.8 Å². The van der Waals surface area contributed by atoms with Crippen molar-refractivity contribution in [1.29, 1.82) is 0 Å². The summed E-state index contributed by atoms with van der Waals surface area (Å²) in [7, 11) is 3.01. The zero-order valence-electron chi connectivity index (χ0n) is 17.8. The number of ether oxygens (including phenoxy) is 2. The lowest BCUT2D eigenvalue weighted by molar-refractivity contribution is -0.135. The van der Waals surface area contributed by atoms with Crippen LogP contribution in [-0.4, -0.2) is 54.1 Å². The van der Waals surface area contributed by atoms with Gasteiger partial charge in [0, 0.05) is 24.4 Å². The first-order chi connectivity index (χ1) is 15.7. The minimum Gasteiger partial charge on any atom is -0.493 e. The van der Waals surface area contributed by atoms with E-state index in [0.29, 0.717) is 17.4 Å². The third-order valence-corrected chi connectivity index (χ3v) is 5.40. The molecule has 1 aliphatic rings. The van der Waals surface area contributed by atoms with Crippen molar-refractivity contribution in [3.63, 3.8) is 0 Å². The summed E-state index contributed by atoms with van der Waals surface area (Å²) in [5.74, 6) is -2.49. The van der Waals surface area contributed by atoms with E-state index in [0.717, 1.165) is 6.07 Å². The highest BCUT2D eigenvalue weighted by Crippen LogP contribution is 2.38. The standard InChI is InChI=1S/C23H20F4N4O2/c1-4-13-15(24)5-6-16(21(13)25)30-22-14-9-19(18(32-3)10-17(14)28-12-29-22)33-20-7-8-31(2)11-23(20,26)27/h1,5-6,9-10,12,20H,7-8,11H2,2-3H3,(H,28,29,30)/t20-/m0/s1. The van der Waals surface area contributed by atoms with Gasteiger partial charge in [-0.3, -0.25) is 0 Å². The summed E-state index contributed by atoms with van der Waals surface area (Å²) in [6, 6.07) is 5.18. The molecule has 0 unspecified atom stereocenters. The minimum absolute atomic E-state index is 0.0703. The molecule has 1 N–H and O–H groups in total. The lowest BCUT2D eigenvalue weighted by Crippen LogP contribution is -2.52. The second kappa shape index (κ2) is 8.75. The molecular weight excluding hydrogens is 440 g/mol. The molecule has 0 spiro atoms. The zero-order chi connectivity index (χ0) is 23.8. The zero-order valence-corrected chi connectivity index (χ0v) is 17.8. The average molecular weight is 460 g/mol. The number of nitrogens with zero attached hydrogens (tertiary/aromatic N) is 3. The van der Waals surface area contributed by atoms with Crippen molar-refractivity contribution >= 4 is 22.4 Å². The molecular formula is C23H20F4N4O2. The summed E-state index contributed by atoms with van der Waals surface area (Å²) in [5.41, 5.74) is -0.232. The Morgan fingerprint density at radius 2 is 2.00 bits per heavy atom. The Labute approximate surface area is 187 Å². The molecule has 0 saturated carbocycles. The first kappa shape index (κ1) is 22.6. The Kier molecular flexibility index (Phi) is 5.99. The van der Waals surface area contributed by atoms with Crippen molar-refractivity contribution in [3.8, 4) is 23.8 Å². The van der Waals surface area contributed by atoms with E-state index in [2.05, 4.69) is 15.3 Å². The summed E-state index contributed by atoms with van der Waals surface area (Å²) in [6.07, 6.45) is 5.20. The molecule has 2 aromatic carbocycles. The Bertz CT molecular complexity index is 1250. The first-order valence-electron chi connectivity index (χ1n) is 10.0. The number of terminal acetylenes is 1. The van der Waals surface area contributed by atoms with E-state index in [1.165, 1.54) is 36.5 Å². The molecule has 0 amide bonds. The first-order valence-corrected chi connectivity index (χ1v) is 10.0. The fraction of sp³-hybridized carbons (Fsp3) is 0.304. The fourth-order valence-electron chi connectivity index (χ4n) is 3.71. The predicted molar refractivity (Wildman–Crippen MR) is 115 cm³/mol. The number of nitrogens with one attached hydrogen (secondary N) is 1. The average Bonchev–Trinajstić information content (AvgIpc) is 2.77. The molecule has 1 aliphatic heterocycles. The molecule has 10 heteroatoms. The maximum absolute atomic E-state index is 14.6. The smallest absolute Gasteiger partial charge is 0.296 e. The lowest BCUT2D eigenvalue weighted by Gasteiger charge is -2.36. The SMILES string of the molecule is C#Cc1c(F)ccc(Nc2ncnc3cc(OC)c(O[C@H]4CCN(C)CC4(F)F)cc23)c1F. The maximum atomic E-state index is 14.6. The van der Waals surface area contributed by atoms with Gasteiger partial charge in [0.2, 0.25) is 0 Å².